The number of aliphatic hydroxyl groups excluding tert-OH is 1. The number of halogens is 2. The summed E-state index contributed by atoms with van der Waals surface area (Å²) < 4.78 is 59.9. The maximum Gasteiger partial charge on any atom is 0.221 e. The smallest absolute Gasteiger partial charge is 0.221 e. The second-order valence-electron chi connectivity index (χ2n) is 9.96. The fraction of sp³-hybridized carbons (Fsp3) is 0.536. The minimum atomic E-state index is -3.68. The van der Waals surface area contributed by atoms with E-state index in [1.807, 2.05) is 18.2 Å². The van der Waals surface area contributed by atoms with Crippen molar-refractivity contribution in [3.05, 3.63) is 70.8 Å². The fourth-order valence-corrected chi connectivity index (χ4v) is 6.59. The summed E-state index contributed by atoms with van der Waals surface area (Å²) in [4.78, 5) is 12.8. The summed E-state index contributed by atoms with van der Waals surface area (Å²) in [7, 11) is -2.17. The van der Waals surface area contributed by atoms with Gasteiger partial charge in [0.1, 0.15) is 11.6 Å². The topological polar surface area (TPSA) is 108 Å². The molecule has 0 bridgehead atoms. The van der Waals surface area contributed by atoms with E-state index in [1.165, 1.54) is 17.0 Å². The van der Waals surface area contributed by atoms with Gasteiger partial charge in [-0.15, -0.1) is 0 Å². The van der Waals surface area contributed by atoms with Crippen molar-refractivity contribution in [2.75, 3.05) is 32.6 Å². The molecule has 0 spiro atoms. The maximum absolute atomic E-state index is 13.8. The zero-order valence-electron chi connectivity index (χ0n) is 22.5. The summed E-state index contributed by atoms with van der Waals surface area (Å²) in [5.41, 5.74) is 2.48. The summed E-state index contributed by atoms with van der Waals surface area (Å²) in [5, 5.41) is 16.8. The second kappa shape index (κ2) is 14.8. The van der Waals surface area contributed by atoms with Crippen LogP contribution in [0.2, 0.25) is 0 Å². The number of amides is 1. The van der Waals surface area contributed by atoms with Crippen molar-refractivity contribution < 1.29 is 31.8 Å². The van der Waals surface area contributed by atoms with Gasteiger partial charge in [-0.25, -0.2) is 17.2 Å². The van der Waals surface area contributed by atoms with E-state index in [0.717, 1.165) is 36.6 Å². The molecule has 2 aromatic rings. The molecular formula is C28H39F2N3O5S. The highest BCUT2D eigenvalue weighted by Crippen LogP contribution is 2.22. The number of aliphatic hydroxyl groups is 1. The Bertz CT molecular complexity index is 1180. The van der Waals surface area contributed by atoms with E-state index in [-0.39, 0.29) is 36.7 Å². The highest BCUT2D eigenvalue weighted by molar-refractivity contribution is 7.89. The molecule has 0 unspecified atom stereocenters. The van der Waals surface area contributed by atoms with E-state index >= 15 is 0 Å². The third-order valence-electron chi connectivity index (χ3n) is 6.90. The molecular weight excluding hydrogens is 528 g/mol. The molecule has 0 aromatic heterocycles. The Morgan fingerprint density at radius 2 is 1.87 bits per heavy atom. The molecule has 8 nitrogen and oxygen atoms in total. The van der Waals surface area contributed by atoms with Gasteiger partial charge in [-0.05, 0) is 54.5 Å². The van der Waals surface area contributed by atoms with Gasteiger partial charge in [-0.2, -0.15) is 4.31 Å². The van der Waals surface area contributed by atoms with Crippen LogP contribution in [0.3, 0.4) is 0 Å². The lowest BCUT2D eigenvalue weighted by Crippen LogP contribution is -2.49. The quantitative estimate of drug-likeness (QED) is 0.305. The fourth-order valence-electron chi connectivity index (χ4n) is 4.88. The van der Waals surface area contributed by atoms with Crippen molar-refractivity contribution in [2.45, 2.75) is 63.8 Å². The maximum atomic E-state index is 13.8. The number of hydrogen-bond acceptors (Lipinski definition) is 6. The Hall–Kier alpha value is -2.44. The van der Waals surface area contributed by atoms with Crippen LogP contribution in [0, 0.1) is 11.6 Å². The van der Waals surface area contributed by atoms with Crippen LogP contribution in [-0.4, -0.2) is 74.5 Å². The van der Waals surface area contributed by atoms with Crippen LogP contribution in [0.25, 0.3) is 0 Å². The minimum absolute atomic E-state index is 0.0383. The van der Waals surface area contributed by atoms with Gasteiger partial charge in [0.2, 0.25) is 15.9 Å². The number of methoxy groups -OCH3 is 1. The zero-order chi connectivity index (χ0) is 28.4. The molecule has 1 saturated heterocycles. The summed E-state index contributed by atoms with van der Waals surface area (Å²) in [5.74, 6) is -2.48. The Balaban J connectivity index is 1.63. The normalized spacial score (nSPS) is 17.7. The summed E-state index contributed by atoms with van der Waals surface area (Å²) in [6, 6.07) is 9.91. The van der Waals surface area contributed by atoms with Crippen molar-refractivity contribution >= 4 is 15.9 Å². The van der Waals surface area contributed by atoms with Crippen LogP contribution in [-0.2, 0) is 38.9 Å². The van der Waals surface area contributed by atoms with E-state index in [4.69, 9.17) is 4.74 Å². The van der Waals surface area contributed by atoms with Gasteiger partial charge in [-0.3, -0.25) is 4.79 Å². The van der Waals surface area contributed by atoms with Gasteiger partial charge in [0.15, 0.2) is 0 Å². The van der Waals surface area contributed by atoms with Gasteiger partial charge >= 0.3 is 0 Å². The van der Waals surface area contributed by atoms with Crippen molar-refractivity contribution in [1.82, 2.24) is 14.9 Å². The SMILES string of the molecule is CCc1cccc(CNC[C@@H](O)[C@H](Cc2cc(F)cc(F)c2)NC(=O)CCS(=O)(=O)N2CCC[C@@H]2COC)c1. The predicted octanol–water partition coefficient (Wildman–Crippen LogP) is 2.54. The number of aryl methyl sites for hydroxylation is 1. The molecule has 0 radical (unpaired) electrons. The molecule has 1 aliphatic heterocycles. The standard InChI is InChI=1S/C28H39F2N3O5S/c1-3-20-6-4-7-21(12-20)17-31-18-27(34)26(15-22-13-23(29)16-24(30)14-22)32-28(35)9-11-39(36,37)33-10-5-8-25(33)19-38-2/h4,6-7,12-14,16,25-27,31,34H,3,5,8-11,15,17-19H2,1-2H3,(H,32,35)/t25-,26+,27-/m1/s1. The summed E-state index contributed by atoms with van der Waals surface area (Å²) in [6.45, 7) is 3.32. The first-order chi connectivity index (χ1) is 18.6. The zero-order valence-corrected chi connectivity index (χ0v) is 23.4. The molecule has 39 heavy (non-hydrogen) atoms. The van der Waals surface area contributed by atoms with E-state index in [9.17, 15) is 27.1 Å². The van der Waals surface area contributed by atoms with Crippen LogP contribution in [0.4, 0.5) is 8.78 Å². The Morgan fingerprint density at radius 1 is 1.15 bits per heavy atom. The first kappa shape index (κ1) is 31.1. The number of benzene rings is 2. The van der Waals surface area contributed by atoms with E-state index in [0.29, 0.717) is 26.1 Å². The number of carbonyl (C=O) groups is 1. The number of nitrogens with zero attached hydrogens (tertiary/aromatic N) is 1. The molecule has 11 heteroatoms. The third-order valence-corrected chi connectivity index (χ3v) is 8.81. The lowest BCUT2D eigenvalue weighted by molar-refractivity contribution is -0.122. The molecule has 3 rings (SSSR count). The van der Waals surface area contributed by atoms with Gasteiger partial charge < -0.3 is 20.5 Å². The number of ether oxygens (including phenoxy) is 1. The molecule has 3 atom stereocenters. The monoisotopic (exact) mass is 567 g/mol. The lowest BCUT2D eigenvalue weighted by Gasteiger charge is -2.26. The van der Waals surface area contributed by atoms with Crippen LogP contribution < -0.4 is 10.6 Å². The Morgan fingerprint density at radius 3 is 2.56 bits per heavy atom. The highest BCUT2D eigenvalue weighted by Gasteiger charge is 2.34. The molecule has 1 heterocycles. The lowest BCUT2D eigenvalue weighted by atomic mass is 10.0. The molecule has 0 aliphatic carbocycles. The summed E-state index contributed by atoms with van der Waals surface area (Å²) in [6.07, 6.45) is 0.881. The van der Waals surface area contributed by atoms with Crippen molar-refractivity contribution in [1.29, 1.82) is 0 Å². The van der Waals surface area contributed by atoms with Crippen LogP contribution in [0.1, 0.15) is 42.9 Å². The number of hydrogen-bond donors (Lipinski definition) is 3. The largest absolute Gasteiger partial charge is 0.390 e. The average molecular weight is 568 g/mol. The van der Waals surface area contributed by atoms with Gasteiger partial charge in [-0.1, -0.05) is 31.2 Å². The van der Waals surface area contributed by atoms with Crippen molar-refractivity contribution in [3.8, 4) is 0 Å². The van der Waals surface area contributed by atoms with Crippen molar-refractivity contribution in [2.24, 2.45) is 0 Å². The molecule has 216 valence electrons. The molecule has 0 saturated carbocycles. The first-order valence-corrected chi connectivity index (χ1v) is 14.9. The second-order valence-corrected chi connectivity index (χ2v) is 12.0. The van der Waals surface area contributed by atoms with E-state index in [1.54, 1.807) is 0 Å². The Labute approximate surface area is 229 Å². The number of sulfonamides is 1. The third kappa shape index (κ3) is 9.61. The Kier molecular flexibility index (Phi) is 11.8. The minimum Gasteiger partial charge on any atom is -0.390 e. The van der Waals surface area contributed by atoms with Gasteiger partial charge in [0, 0.05) is 45.3 Å². The van der Waals surface area contributed by atoms with Gasteiger partial charge in [0.25, 0.3) is 0 Å². The van der Waals surface area contributed by atoms with E-state index < -0.39 is 39.7 Å². The number of rotatable bonds is 15. The molecule has 1 amide bonds. The molecule has 1 fully saturated rings. The predicted molar refractivity (Wildman–Crippen MR) is 146 cm³/mol. The number of carbonyl (C=O) groups excluding carboxylic acids is 1. The number of nitrogens with one attached hydrogen (secondary N) is 2. The van der Waals surface area contributed by atoms with E-state index in [2.05, 4.69) is 23.6 Å². The van der Waals surface area contributed by atoms with Crippen molar-refractivity contribution in [3.63, 3.8) is 0 Å². The molecule has 1 aliphatic rings. The van der Waals surface area contributed by atoms with Crippen LogP contribution in [0.15, 0.2) is 42.5 Å². The highest BCUT2D eigenvalue weighted by atomic mass is 32.2. The van der Waals surface area contributed by atoms with Gasteiger partial charge in [0.05, 0.1) is 24.5 Å². The van der Waals surface area contributed by atoms with Crippen LogP contribution in [0.5, 0.6) is 0 Å². The average Bonchev–Trinajstić information content (AvgIpc) is 3.36. The first-order valence-electron chi connectivity index (χ1n) is 13.3. The molecule has 2 aromatic carbocycles. The molecule has 3 N–H and O–H groups in total. The summed E-state index contributed by atoms with van der Waals surface area (Å²) >= 11 is 0. The van der Waals surface area contributed by atoms with Crippen LogP contribution >= 0.6 is 0 Å².